The Morgan fingerprint density at radius 1 is 1.07 bits per heavy atom. The molecule has 0 bridgehead atoms. The van der Waals surface area contributed by atoms with E-state index in [1.54, 1.807) is 32.4 Å². The van der Waals surface area contributed by atoms with Gasteiger partial charge in [-0.25, -0.2) is 0 Å². The zero-order valence-electron chi connectivity index (χ0n) is 16.0. The minimum Gasteiger partial charge on any atom is -0.493 e. The lowest BCUT2D eigenvalue weighted by atomic mass is 10.1. The summed E-state index contributed by atoms with van der Waals surface area (Å²) in [6, 6.07) is 13.4. The lowest BCUT2D eigenvalue weighted by molar-refractivity contribution is -0.113. The Hall–Kier alpha value is -3.00. The average Bonchev–Trinajstić information content (AvgIpc) is 3.21. The zero-order valence-corrected chi connectivity index (χ0v) is 16.8. The number of methoxy groups -OCH3 is 2. The van der Waals surface area contributed by atoms with E-state index in [0.717, 1.165) is 12.0 Å². The zero-order chi connectivity index (χ0) is 19.9. The second kappa shape index (κ2) is 9.27. The van der Waals surface area contributed by atoms with Gasteiger partial charge in [0.15, 0.2) is 22.5 Å². The van der Waals surface area contributed by atoms with Crippen molar-refractivity contribution in [2.45, 2.75) is 18.5 Å². The monoisotopic (exact) mass is 398 g/mol. The maximum Gasteiger partial charge on any atom is 0.234 e. The summed E-state index contributed by atoms with van der Waals surface area (Å²) in [6.07, 6.45) is 0.993. The number of carbonyl (C=O) groups is 1. The van der Waals surface area contributed by atoms with E-state index in [0.29, 0.717) is 28.2 Å². The quantitative estimate of drug-likeness (QED) is 0.561. The molecule has 0 spiro atoms. The van der Waals surface area contributed by atoms with Crippen molar-refractivity contribution in [3.05, 3.63) is 48.0 Å². The molecule has 0 atom stereocenters. The Labute approximate surface area is 167 Å². The van der Waals surface area contributed by atoms with Crippen molar-refractivity contribution in [3.8, 4) is 22.9 Å². The van der Waals surface area contributed by atoms with Crippen molar-refractivity contribution in [1.82, 2.24) is 15.2 Å². The first-order chi connectivity index (χ1) is 13.6. The van der Waals surface area contributed by atoms with Gasteiger partial charge in [0.1, 0.15) is 0 Å². The van der Waals surface area contributed by atoms with Crippen LogP contribution in [0.5, 0.6) is 11.5 Å². The van der Waals surface area contributed by atoms with Crippen LogP contribution in [0.1, 0.15) is 12.5 Å². The Bertz CT molecular complexity index is 941. The van der Waals surface area contributed by atoms with E-state index in [4.69, 9.17) is 9.47 Å². The number of nitrogens with one attached hydrogen (secondary N) is 2. The van der Waals surface area contributed by atoms with Gasteiger partial charge in [-0.15, -0.1) is 10.2 Å². The van der Waals surface area contributed by atoms with Gasteiger partial charge < -0.3 is 19.8 Å². The van der Waals surface area contributed by atoms with E-state index in [1.807, 2.05) is 12.1 Å². The highest BCUT2D eigenvalue weighted by Crippen LogP contribution is 2.30. The largest absolute Gasteiger partial charge is 0.493 e. The highest BCUT2D eigenvalue weighted by molar-refractivity contribution is 7.99. The predicted octanol–water partition coefficient (Wildman–Crippen LogP) is 3.78. The number of H-pyrrole nitrogens is 1. The maximum absolute atomic E-state index is 12.2. The average molecular weight is 398 g/mol. The molecule has 0 aliphatic heterocycles. The molecule has 146 valence electrons. The summed E-state index contributed by atoms with van der Waals surface area (Å²) in [4.78, 5) is 15.4. The minimum atomic E-state index is -0.150. The minimum absolute atomic E-state index is 0.150. The summed E-state index contributed by atoms with van der Waals surface area (Å²) >= 11 is 1.29. The van der Waals surface area contributed by atoms with Gasteiger partial charge in [0.2, 0.25) is 5.91 Å². The molecular formula is C20H22N4O3S. The number of aryl methyl sites for hydroxylation is 1. The third kappa shape index (κ3) is 4.83. The van der Waals surface area contributed by atoms with E-state index in [-0.39, 0.29) is 11.7 Å². The molecule has 0 unspecified atom stereocenters. The van der Waals surface area contributed by atoms with Crippen molar-refractivity contribution in [3.63, 3.8) is 0 Å². The van der Waals surface area contributed by atoms with Crippen LogP contribution in [0.4, 0.5) is 5.69 Å². The fourth-order valence-electron chi connectivity index (χ4n) is 2.58. The summed E-state index contributed by atoms with van der Waals surface area (Å²) in [5.41, 5.74) is 2.87. The molecule has 2 aromatic carbocycles. The summed E-state index contributed by atoms with van der Waals surface area (Å²) < 4.78 is 10.4. The van der Waals surface area contributed by atoms with E-state index < -0.39 is 0 Å². The molecule has 8 heteroatoms. The van der Waals surface area contributed by atoms with Gasteiger partial charge in [0.25, 0.3) is 0 Å². The number of ether oxygens (including phenoxy) is 2. The number of thioether (sulfide) groups is 1. The Balaban J connectivity index is 1.57. The maximum atomic E-state index is 12.2. The number of nitrogens with zero attached hydrogens (tertiary/aromatic N) is 2. The summed E-state index contributed by atoms with van der Waals surface area (Å²) in [7, 11) is 3.12. The first kappa shape index (κ1) is 19.8. The molecule has 1 amide bonds. The molecule has 2 N–H and O–H groups in total. The number of hydrogen-bond acceptors (Lipinski definition) is 6. The van der Waals surface area contributed by atoms with Gasteiger partial charge in [-0.1, -0.05) is 43.0 Å². The van der Waals surface area contributed by atoms with Crippen molar-refractivity contribution in [1.29, 1.82) is 0 Å². The number of benzene rings is 2. The normalized spacial score (nSPS) is 10.5. The van der Waals surface area contributed by atoms with Gasteiger partial charge in [-0.2, -0.15) is 0 Å². The van der Waals surface area contributed by atoms with Crippen LogP contribution in [-0.4, -0.2) is 41.1 Å². The lowest BCUT2D eigenvalue weighted by Gasteiger charge is -2.10. The number of aromatic nitrogens is 3. The molecule has 0 saturated carbocycles. The number of rotatable bonds is 8. The van der Waals surface area contributed by atoms with Gasteiger partial charge in [-0.05, 0) is 24.1 Å². The Morgan fingerprint density at radius 2 is 1.82 bits per heavy atom. The fourth-order valence-corrected chi connectivity index (χ4v) is 3.19. The number of carbonyl (C=O) groups excluding carboxylic acids is 1. The predicted molar refractivity (Wildman–Crippen MR) is 110 cm³/mol. The number of anilines is 1. The lowest BCUT2D eigenvalue weighted by Crippen LogP contribution is -2.14. The molecule has 7 nitrogen and oxygen atoms in total. The molecule has 0 aliphatic rings. The van der Waals surface area contributed by atoms with Crippen LogP contribution in [0, 0.1) is 0 Å². The molecule has 1 heterocycles. The van der Waals surface area contributed by atoms with E-state index >= 15 is 0 Å². The van der Waals surface area contributed by atoms with Crippen LogP contribution in [0.2, 0.25) is 0 Å². The molecular weight excluding hydrogens is 376 g/mol. The van der Waals surface area contributed by atoms with Crippen molar-refractivity contribution >= 4 is 23.4 Å². The first-order valence-electron chi connectivity index (χ1n) is 8.79. The smallest absolute Gasteiger partial charge is 0.234 e. The summed E-state index contributed by atoms with van der Waals surface area (Å²) in [6.45, 7) is 2.12. The Kier molecular flexibility index (Phi) is 6.54. The number of hydrogen-bond donors (Lipinski definition) is 2. The van der Waals surface area contributed by atoms with Crippen LogP contribution in [0.25, 0.3) is 11.4 Å². The van der Waals surface area contributed by atoms with Gasteiger partial charge in [-0.3, -0.25) is 4.79 Å². The molecule has 1 aromatic heterocycles. The fraction of sp³-hybridized carbons (Fsp3) is 0.250. The Morgan fingerprint density at radius 3 is 2.50 bits per heavy atom. The van der Waals surface area contributed by atoms with E-state index in [1.165, 1.54) is 17.3 Å². The topological polar surface area (TPSA) is 89.1 Å². The van der Waals surface area contributed by atoms with Gasteiger partial charge >= 0.3 is 0 Å². The van der Waals surface area contributed by atoms with Crippen molar-refractivity contribution < 1.29 is 14.3 Å². The third-order valence-electron chi connectivity index (χ3n) is 4.11. The number of aromatic amines is 1. The highest BCUT2D eigenvalue weighted by Gasteiger charge is 2.11. The molecule has 0 aliphatic carbocycles. The van der Waals surface area contributed by atoms with Crippen molar-refractivity contribution in [2.75, 3.05) is 25.3 Å². The second-order valence-corrected chi connectivity index (χ2v) is 6.90. The molecule has 3 aromatic rings. The molecule has 3 rings (SSSR count). The van der Waals surface area contributed by atoms with Crippen LogP contribution < -0.4 is 14.8 Å². The van der Waals surface area contributed by atoms with E-state index in [9.17, 15) is 4.79 Å². The highest BCUT2D eigenvalue weighted by atomic mass is 32.2. The standard InChI is InChI=1S/C20H22N4O3S/c1-4-13-5-7-14(8-6-13)19-22-20(24-23-19)28-12-18(25)21-15-9-10-16(26-2)17(11-15)27-3/h5-11H,4,12H2,1-3H3,(H,21,25)(H,22,23,24). The van der Waals surface area contributed by atoms with E-state index in [2.05, 4.69) is 39.6 Å². The SMILES string of the molecule is CCc1ccc(-c2nnc(SCC(=O)Nc3ccc(OC)c(OC)c3)[nH]2)cc1. The second-order valence-electron chi connectivity index (χ2n) is 5.94. The molecule has 0 radical (unpaired) electrons. The van der Waals surface area contributed by atoms with Crippen LogP contribution >= 0.6 is 11.8 Å². The third-order valence-corrected chi connectivity index (χ3v) is 4.97. The number of amides is 1. The summed E-state index contributed by atoms with van der Waals surface area (Å²) in [5.74, 6) is 1.91. The van der Waals surface area contributed by atoms with Crippen LogP contribution in [0.15, 0.2) is 47.6 Å². The van der Waals surface area contributed by atoms with Crippen LogP contribution in [0.3, 0.4) is 0 Å². The van der Waals surface area contributed by atoms with Gasteiger partial charge in [0, 0.05) is 17.3 Å². The first-order valence-corrected chi connectivity index (χ1v) is 9.78. The molecule has 0 saturated heterocycles. The van der Waals surface area contributed by atoms with Crippen molar-refractivity contribution in [2.24, 2.45) is 0 Å². The molecule has 0 fully saturated rings. The van der Waals surface area contributed by atoms with Gasteiger partial charge in [0.05, 0.1) is 20.0 Å². The summed E-state index contributed by atoms with van der Waals surface area (Å²) in [5, 5.41) is 11.7. The molecule has 28 heavy (non-hydrogen) atoms. The van der Waals surface area contributed by atoms with Crippen LogP contribution in [-0.2, 0) is 11.2 Å².